The Labute approximate surface area is 231 Å². The molecule has 1 aromatic rings. The Balaban J connectivity index is 2.29. The lowest BCUT2D eigenvalue weighted by molar-refractivity contribution is -0.138. The van der Waals surface area contributed by atoms with E-state index in [0.29, 0.717) is 31.0 Å². The average Bonchev–Trinajstić information content (AvgIpc) is 2.90. The first-order valence-corrected chi connectivity index (χ1v) is 13.6. The van der Waals surface area contributed by atoms with Crippen LogP contribution in [0.15, 0.2) is 70.8 Å². The van der Waals surface area contributed by atoms with Gasteiger partial charge in [-0.05, 0) is 78.0 Å². The number of alkyl halides is 3. The Bertz CT molecular complexity index is 1100. The van der Waals surface area contributed by atoms with Crippen LogP contribution in [-0.2, 0) is 12.6 Å². The van der Waals surface area contributed by atoms with Crippen molar-refractivity contribution in [2.45, 2.75) is 84.9 Å². The van der Waals surface area contributed by atoms with Crippen molar-refractivity contribution in [2.75, 3.05) is 18.9 Å². The third-order valence-corrected chi connectivity index (χ3v) is 7.16. The molecule has 214 valence electrons. The first-order valence-electron chi connectivity index (χ1n) is 13.6. The highest BCUT2D eigenvalue weighted by Crippen LogP contribution is 2.33. The molecule has 2 N–H and O–H groups in total. The zero-order valence-electron chi connectivity index (χ0n) is 23.9. The summed E-state index contributed by atoms with van der Waals surface area (Å²) in [5.41, 5.74) is 9.75. The highest BCUT2D eigenvalue weighted by Gasteiger charge is 2.35. The van der Waals surface area contributed by atoms with Crippen molar-refractivity contribution in [3.8, 4) is 0 Å². The van der Waals surface area contributed by atoms with E-state index in [0.717, 1.165) is 30.4 Å². The molecule has 2 rings (SSSR count). The summed E-state index contributed by atoms with van der Waals surface area (Å²) >= 11 is 0. The maximum atomic E-state index is 13.8. The summed E-state index contributed by atoms with van der Waals surface area (Å²) in [6.07, 6.45) is 11.2. The molecule has 2 heterocycles. The highest BCUT2D eigenvalue weighted by atomic mass is 19.4. The molecular weight excluding hydrogens is 501 g/mol. The molecule has 39 heavy (non-hydrogen) atoms. The van der Waals surface area contributed by atoms with Crippen LogP contribution in [0.3, 0.4) is 0 Å². The topological polar surface area (TPSA) is 77.3 Å². The Morgan fingerprint density at radius 3 is 2.67 bits per heavy atom. The van der Waals surface area contributed by atoms with Crippen LogP contribution >= 0.6 is 0 Å². The van der Waals surface area contributed by atoms with Gasteiger partial charge in [-0.2, -0.15) is 18.3 Å². The Kier molecular flexibility index (Phi) is 12.8. The van der Waals surface area contributed by atoms with Crippen LogP contribution in [0.5, 0.6) is 0 Å². The van der Waals surface area contributed by atoms with Gasteiger partial charge in [-0.1, -0.05) is 62.3 Å². The minimum absolute atomic E-state index is 0.0237. The summed E-state index contributed by atoms with van der Waals surface area (Å²) in [6.45, 7) is 12.8. The number of nitrogens with one attached hydrogen (secondary N) is 2. The molecule has 1 aliphatic heterocycles. The number of halogens is 3. The van der Waals surface area contributed by atoms with Crippen LogP contribution in [0, 0.1) is 11.4 Å². The zero-order valence-corrected chi connectivity index (χ0v) is 23.9. The van der Waals surface area contributed by atoms with Gasteiger partial charge in [0.15, 0.2) is 0 Å². The number of hydrogen-bond acceptors (Lipinski definition) is 6. The summed E-state index contributed by atoms with van der Waals surface area (Å²) in [5.74, 6) is 0.129. The van der Waals surface area contributed by atoms with E-state index in [2.05, 4.69) is 51.9 Å². The van der Waals surface area contributed by atoms with Crippen molar-refractivity contribution in [2.24, 2.45) is 11.0 Å². The standard InChI is InChI=1S/C30H43F3N6/c1-7-9-12-24(22(4)19-23(5)38-34)15-17-27-26(30(31,32)33)20-35-29(37-27)36-25(8-2)16-14-21(3)28-13-10-11-18-39(28)6/h7,9,12,14,16,20,22,28,34H,5,8,10-11,13,15,17-19H2,1-4,6H3,(H,35,36,37)/b9-7-,21-14+,24-12-,25-16+,38-34?. The Morgan fingerprint density at radius 2 is 2.05 bits per heavy atom. The molecule has 1 aliphatic rings. The monoisotopic (exact) mass is 544 g/mol. The molecule has 0 aromatic carbocycles. The molecule has 2 unspecified atom stereocenters. The number of rotatable bonds is 13. The van der Waals surface area contributed by atoms with Crippen LogP contribution in [0.2, 0.25) is 0 Å². The maximum absolute atomic E-state index is 13.8. The molecule has 6 nitrogen and oxygen atoms in total. The lowest BCUT2D eigenvalue weighted by Crippen LogP contribution is -2.36. The van der Waals surface area contributed by atoms with Gasteiger partial charge in [0.1, 0.15) is 0 Å². The summed E-state index contributed by atoms with van der Waals surface area (Å²) < 4.78 is 41.5. The van der Waals surface area contributed by atoms with Crippen LogP contribution in [0.25, 0.3) is 0 Å². The average molecular weight is 545 g/mol. The molecule has 1 fully saturated rings. The largest absolute Gasteiger partial charge is 0.419 e. The number of piperidine rings is 1. The van der Waals surface area contributed by atoms with E-state index >= 15 is 0 Å². The first-order chi connectivity index (χ1) is 18.5. The van der Waals surface area contributed by atoms with Gasteiger partial charge in [0.25, 0.3) is 0 Å². The molecule has 0 bridgehead atoms. The second-order valence-electron chi connectivity index (χ2n) is 10.2. The second kappa shape index (κ2) is 15.5. The van der Waals surface area contributed by atoms with Crippen molar-refractivity contribution in [1.29, 1.82) is 5.53 Å². The smallest absolute Gasteiger partial charge is 0.328 e. The highest BCUT2D eigenvalue weighted by molar-refractivity contribution is 5.39. The molecule has 0 spiro atoms. The number of hydrogen-bond donors (Lipinski definition) is 2. The molecule has 0 saturated carbocycles. The zero-order chi connectivity index (χ0) is 29.0. The molecule has 9 heteroatoms. The number of aromatic nitrogens is 2. The van der Waals surface area contributed by atoms with E-state index < -0.39 is 11.7 Å². The molecule has 0 aliphatic carbocycles. The van der Waals surface area contributed by atoms with Crippen molar-refractivity contribution in [3.05, 3.63) is 77.0 Å². The summed E-state index contributed by atoms with van der Waals surface area (Å²) in [6, 6.07) is 0.404. The quantitative estimate of drug-likeness (QED) is 0.192. The third kappa shape index (κ3) is 10.2. The van der Waals surface area contributed by atoms with E-state index in [1.165, 1.54) is 18.4 Å². The van der Waals surface area contributed by atoms with Crippen LogP contribution in [0.4, 0.5) is 19.1 Å². The van der Waals surface area contributed by atoms with Gasteiger partial charge >= 0.3 is 6.18 Å². The number of likely N-dealkylation sites (tertiary alicyclic amines) is 1. The van der Waals surface area contributed by atoms with Crippen LogP contribution in [0.1, 0.15) is 77.5 Å². The fourth-order valence-corrected chi connectivity index (χ4v) is 4.80. The summed E-state index contributed by atoms with van der Waals surface area (Å²) in [7, 11) is 2.14. The van der Waals surface area contributed by atoms with E-state index in [-0.39, 0.29) is 24.0 Å². The number of likely N-dealkylation sites (N-methyl/N-ethyl adjacent to an activating group) is 1. The van der Waals surface area contributed by atoms with Gasteiger partial charge in [0.2, 0.25) is 5.95 Å². The lowest BCUT2D eigenvalue weighted by Gasteiger charge is -2.33. The number of allylic oxidation sites excluding steroid dienone is 8. The van der Waals surface area contributed by atoms with E-state index in [4.69, 9.17) is 5.53 Å². The van der Waals surface area contributed by atoms with Gasteiger partial charge in [0.05, 0.1) is 17.0 Å². The number of anilines is 1. The normalized spacial score (nSPS) is 18.9. The van der Waals surface area contributed by atoms with E-state index in [9.17, 15) is 13.2 Å². The minimum Gasteiger partial charge on any atom is -0.328 e. The molecule has 1 saturated heterocycles. The molecule has 1 aromatic heterocycles. The summed E-state index contributed by atoms with van der Waals surface area (Å²) in [4.78, 5) is 10.7. The predicted molar refractivity (Wildman–Crippen MR) is 152 cm³/mol. The van der Waals surface area contributed by atoms with Crippen molar-refractivity contribution in [3.63, 3.8) is 0 Å². The minimum atomic E-state index is -4.56. The first kappa shape index (κ1) is 32.1. The van der Waals surface area contributed by atoms with Crippen LogP contribution < -0.4 is 5.32 Å². The second-order valence-corrected chi connectivity index (χ2v) is 10.2. The van der Waals surface area contributed by atoms with Gasteiger partial charge in [-0.15, -0.1) is 0 Å². The molecule has 2 atom stereocenters. The van der Waals surface area contributed by atoms with Crippen molar-refractivity contribution >= 4 is 5.95 Å². The van der Waals surface area contributed by atoms with Gasteiger partial charge in [-0.25, -0.2) is 15.5 Å². The molecule has 0 amide bonds. The lowest BCUT2D eigenvalue weighted by atomic mass is 9.91. The van der Waals surface area contributed by atoms with Gasteiger partial charge in [0, 0.05) is 17.9 Å². The predicted octanol–water partition coefficient (Wildman–Crippen LogP) is 8.64. The third-order valence-electron chi connectivity index (χ3n) is 7.16. The van der Waals surface area contributed by atoms with Crippen LogP contribution in [-0.4, -0.2) is 34.5 Å². The number of aryl methyl sites for hydroxylation is 1. The Hall–Kier alpha value is -3.07. The number of nitrogens with zero attached hydrogens (tertiary/aromatic N) is 4. The van der Waals surface area contributed by atoms with Crippen molar-refractivity contribution in [1.82, 2.24) is 14.9 Å². The SMILES string of the molecule is C=C(CC(C)/C(=C\C=C/C)CCc1nc(N/C(=C/C=C(\C)C2CCCCN2C)CC)ncc1C(F)(F)F)N=N. The maximum Gasteiger partial charge on any atom is 0.419 e. The summed E-state index contributed by atoms with van der Waals surface area (Å²) in [5, 5.41) is 6.52. The van der Waals surface area contributed by atoms with Gasteiger partial charge < -0.3 is 5.32 Å². The van der Waals surface area contributed by atoms with E-state index in [1.807, 2.05) is 45.1 Å². The molecular formula is C30H43F3N6. The van der Waals surface area contributed by atoms with Crippen molar-refractivity contribution < 1.29 is 13.2 Å². The fourth-order valence-electron chi connectivity index (χ4n) is 4.80. The van der Waals surface area contributed by atoms with Gasteiger partial charge in [-0.3, -0.25) is 4.90 Å². The fraction of sp³-hybridized carbons (Fsp3) is 0.533. The molecule has 0 radical (unpaired) electrons. The Morgan fingerprint density at radius 1 is 1.31 bits per heavy atom. The van der Waals surface area contributed by atoms with E-state index in [1.54, 1.807) is 0 Å².